The molecule has 0 saturated carbocycles. The average molecular weight is 1110 g/mol. The van der Waals surface area contributed by atoms with Crippen molar-refractivity contribution in [2.75, 3.05) is 39.3 Å². The number of phenols is 2. The van der Waals surface area contributed by atoms with Crippen molar-refractivity contribution in [3.05, 3.63) is 57.6 Å². The van der Waals surface area contributed by atoms with E-state index >= 15 is 0 Å². The van der Waals surface area contributed by atoms with Gasteiger partial charge in [-0.1, -0.05) is 102 Å². The number of carbonyl (C=O) groups is 4. The van der Waals surface area contributed by atoms with Gasteiger partial charge in [0, 0.05) is 52.4 Å². The number of hydrogen-bond donors (Lipinski definition) is 2. The minimum atomic E-state index is -0.691. The second-order valence-corrected chi connectivity index (χ2v) is 30.0. The average Bonchev–Trinajstić information content (AvgIpc) is 3.23. The number of nitrogens with zero attached hydrogens (tertiary/aromatic N) is 4. The van der Waals surface area contributed by atoms with Gasteiger partial charge >= 0.3 is 24.4 Å². The fourth-order valence-corrected chi connectivity index (χ4v) is 9.01. The first-order valence-corrected chi connectivity index (χ1v) is 29.3. The molecule has 2 aromatic rings. The summed E-state index contributed by atoms with van der Waals surface area (Å²) in [5.74, 6) is 0.580. The van der Waals surface area contributed by atoms with Crippen LogP contribution in [0.4, 0.5) is 19.2 Å². The lowest BCUT2D eigenvalue weighted by atomic mass is 9.78. The van der Waals surface area contributed by atoms with Gasteiger partial charge in [-0.2, -0.15) is 0 Å². The molecule has 14 nitrogen and oxygen atoms in total. The summed E-state index contributed by atoms with van der Waals surface area (Å²) in [6, 6.07) is 8.00. The first kappa shape index (κ1) is 70.2. The Hall–Kier alpha value is -4.88. The molecule has 4 amide bonds. The normalized spacial score (nSPS) is 13.0. The van der Waals surface area contributed by atoms with Crippen LogP contribution in [-0.2, 0) is 53.7 Å². The minimum absolute atomic E-state index is 0.290. The molecule has 0 saturated heterocycles. The van der Waals surface area contributed by atoms with Gasteiger partial charge in [0.15, 0.2) is 0 Å². The van der Waals surface area contributed by atoms with Crippen LogP contribution >= 0.6 is 0 Å². The summed E-state index contributed by atoms with van der Waals surface area (Å²) in [5.41, 5.74) is 1.15. The highest BCUT2D eigenvalue weighted by atomic mass is 16.6. The molecule has 0 radical (unpaired) electrons. The molecule has 0 aliphatic rings. The standard InChI is InChI=1S/C65H112N4O10/c1-58(2,3)48-40-46(41-49(52(48)70)59(4,5)6)44-68(56(74)78-64(19,20)21)38-32-30-36-66(54(72)76-62(13,14)15)34-28-26-25-27-29-35-67(55(73)77-63(16,17)18)37-31-33-39-69(57(75)79-65(22,23)24)45-47-42-50(60(7,8)9)53(71)51(43-47)61(10,11)12/h40-43,70-71H,25-39,44-45H2,1-24H3. The number of aromatic hydroxyl groups is 2. The molecule has 2 aromatic carbocycles. The van der Waals surface area contributed by atoms with Crippen molar-refractivity contribution in [1.29, 1.82) is 0 Å². The molecular formula is C65H112N4O10. The topological polar surface area (TPSA) is 159 Å². The van der Waals surface area contributed by atoms with Crippen molar-refractivity contribution < 1.29 is 48.3 Å². The zero-order valence-corrected chi connectivity index (χ0v) is 54.3. The molecular weight excluding hydrogens is 997 g/mol. The van der Waals surface area contributed by atoms with Crippen molar-refractivity contribution >= 4 is 24.4 Å². The second kappa shape index (κ2) is 28.2. The minimum Gasteiger partial charge on any atom is -0.507 e. The predicted molar refractivity (Wildman–Crippen MR) is 321 cm³/mol. The Morgan fingerprint density at radius 2 is 0.494 bits per heavy atom. The predicted octanol–water partition coefficient (Wildman–Crippen LogP) is 16.4. The first-order valence-electron chi connectivity index (χ1n) is 29.3. The number of hydrogen-bond acceptors (Lipinski definition) is 10. The third-order valence-corrected chi connectivity index (χ3v) is 13.0. The zero-order valence-electron chi connectivity index (χ0n) is 54.3. The largest absolute Gasteiger partial charge is 0.507 e. The highest BCUT2D eigenvalue weighted by Crippen LogP contribution is 2.42. The Balaban J connectivity index is 2.15. The van der Waals surface area contributed by atoms with Gasteiger partial charge in [0.25, 0.3) is 0 Å². The summed E-state index contributed by atoms with van der Waals surface area (Å²) < 4.78 is 23.5. The van der Waals surface area contributed by atoms with Crippen molar-refractivity contribution in [3.63, 3.8) is 0 Å². The SMILES string of the molecule is CC(C)(C)OC(=O)N(CCCCCCCN(CCCCN(Cc1cc(C(C)(C)C)c(O)c(C(C)(C)C)c1)C(=O)OC(C)(C)C)C(=O)OC(C)(C)C)CCCCN(Cc1cc(C(C)(C)C)c(O)c(C(C)(C)C)c1)C(=O)OC(C)(C)C. The van der Waals surface area contributed by atoms with Crippen molar-refractivity contribution in [3.8, 4) is 11.5 Å². The van der Waals surface area contributed by atoms with Gasteiger partial charge in [0.2, 0.25) is 0 Å². The van der Waals surface area contributed by atoms with E-state index in [1.54, 1.807) is 19.6 Å². The van der Waals surface area contributed by atoms with E-state index in [1.165, 1.54) is 0 Å². The van der Waals surface area contributed by atoms with Crippen LogP contribution in [0.1, 0.15) is 257 Å². The Bertz CT molecular complexity index is 2060. The molecule has 2 N–H and O–H groups in total. The van der Waals surface area contributed by atoms with E-state index < -0.39 is 34.6 Å². The number of benzene rings is 2. The summed E-state index contributed by atoms with van der Waals surface area (Å²) in [4.78, 5) is 61.7. The molecule has 0 fully saturated rings. The van der Waals surface area contributed by atoms with Gasteiger partial charge in [-0.3, -0.25) is 0 Å². The summed E-state index contributed by atoms with van der Waals surface area (Å²) >= 11 is 0. The Labute approximate surface area is 480 Å². The van der Waals surface area contributed by atoms with Crippen LogP contribution in [0.25, 0.3) is 0 Å². The van der Waals surface area contributed by atoms with Gasteiger partial charge in [0.05, 0.1) is 0 Å². The van der Waals surface area contributed by atoms with E-state index in [2.05, 4.69) is 83.1 Å². The highest BCUT2D eigenvalue weighted by Gasteiger charge is 2.32. The number of rotatable bonds is 22. The lowest BCUT2D eigenvalue weighted by Gasteiger charge is -2.31. The molecule has 452 valence electrons. The molecule has 0 aliphatic heterocycles. The molecule has 0 unspecified atom stereocenters. The summed E-state index contributed by atoms with van der Waals surface area (Å²) in [6.45, 7) is 50.6. The number of unbranched alkanes of at least 4 members (excludes halogenated alkanes) is 6. The Morgan fingerprint density at radius 3 is 0.696 bits per heavy atom. The molecule has 79 heavy (non-hydrogen) atoms. The molecule has 2 rings (SSSR count). The van der Waals surface area contributed by atoms with Crippen LogP contribution in [0, 0.1) is 0 Å². The Morgan fingerprint density at radius 1 is 0.316 bits per heavy atom. The number of carbonyl (C=O) groups excluding carboxylic acids is 4. The third kappa shape index (κ3) is 26.1. The molecule has 0 spiro atoms. The van der Waals surface area contributed by atoms with Gasteiger partial charge in [-0.25, -0.2) is 19.2 Å². The van der Waals surface area contributed by atoms with Crippen LogP contribution < -0.4 is 0 Å². The maximum absolute atomic E-state index is 13.7. The second-order valence-electron chi connectivity index (χ2n) is 30.0. The molecule has 14 heteroatoms. The quantitative estimate of drug-likeness (QED) is 0.0858. The van der Waals surface area contributed by atoms with E-state index in [0.29, 0.717) is 78.0 Å². The molecule has 0 heterocycles. The van der Waals surface area contributed by atoms with Crippen LogP contribution in [-0.4, -0.2) is 116 Å². The lowest BCUT2D eigenvalue weighted by molar-refractivity contribution is 0.0197. The monoisotopic (exact) mass is 1110 g/mol. The zero-order chi connectivity index (χ0) is 60.9. The van der Waals surface area contributed by atoms with Crippen LogP contribution in [0.5, 0.6) is 11.5 Å². The molecule has 0 bridgehead atoms. The smallest absolute Gasteiger partial charge is 0.410 e. The lowest BCUT2D eigenvalue weighted by Crippen LogP contribution is -2.39. The fourth-order valence-electron chi connectivity index (χ4n) is 9.01. The van der Waals surface area contributed by atoms with Gasteiger partial charge in [-0.15, -0.1) is 0 Å². The van der Waals surface area contributed by atoms with E-state index in [-0.39, 0.29) is 45.3 Å². The van der Waals surface area contributed by atoms with Gasteiger partial charge < -0.3 is 48.8 Å². The Kier molecular flexibility index (Phi) is 25.1. The number of ether oxygens (including phenoxy) is 4. The van der Waals surface area contributed by atoms with Crippen molar-refractivity contribution in [1.82, 2.24) is 19.6 Å². The van der Waals surface area contributed by atoms with Crippen LogP contribution in [0.15, 0.2) is 24.3 Å². The van der Waals surface area contributed by atoms with Crippen molar-refractivity contribution in [2.45, 2.75) is 281 Å². The molecule has 0 atom stereocenters. The summed E-state index contributed by atoms with van der Waals surface area (Å²) in [7, 11) is 0. The van der Waals surface area contributed by atoms with Gasteiger partial charge in [0.1, 0.15) is 33.9 Å². The van der Waals surface area contributed by atoms with E-state index in [9.17, 15) is 29.4 Å². The highest BCUT2D eigenvalue weighted by molar-refractivity contribution is 5.70. The summed E-state index contributed by atoms with van der Waals surface area (Å²) in [5, 5.41) is 22.8. The number of amides is 4. The molecule has 0 aromatic heterocycles. The van der Waals surface area contributed by atoms with Crippen LogP contribution in [0.3, 0.4) is 0 Å². The summed E-state index contributed by atoms with van der Waals surface area (Å²) in [6.07, 6.45) is 5.21. The number of phenolic OH excluding ortho intramolecular Hbond substituents is 2. The van der Waals surface area contributed by atoms with E-state index in [4.69, 9.17) is 18.9 Å². The maximum Gasteiger partial charge on any atom is 0.410 e. The van der Waals surface area contributed by atoms with Gasteiger partial charge in [-0.05, 0) is 201 Å². The fraction of sp³-hybridized carbons (Fsp3) is 0.754. The van der Waals surface area contributed by atoms with E-state index in [0.717, 1.165) is 65.5 Å². The molecule has 0 aliphatic carbocycles. The maximum atomic E-state index is 13.7. The first-order chi connectivity index (χ1) is 35.7. The van der Waals surface area contributed by atoms with Crippen molar-refractivity contribution in [2.24, 2.45) is 0 Å². The third-order valence-electron chi connectivity index (χ3n) is 13.0. The van der Waals surface area contributed by atoms with Crippen LogP contribution in [0.2, 0.25) is 0 Å². The van der Waals surface area contributed by atoms with E-state index in [1.807, 2.05) is 107 Å².